The fourth-order valence-electron chi connectivity index (χ4n) is 1.24. The maximum absolute atomic E-state index is 6.09. The molecular weight excluding hydrogens is 336 g/mol. The second kappa shape index (κ2) is 5.50. The van der Waals surface area contributed by atoms with Crippen LogP contribution in [0.3, 0.4) is 0 Å². The van der Waals surface area contributed by atoms with Crippen molar-refractivity contribution in [1.29, 1.82) is 0 Å². The third-order valence-electron chi connectivity index (χ3n) is 2.04. The molecule has 0 saturated heterocycles. The zero-order valence-electron chi connectivity index (χ0n) is 8.36. The van der Waals surface area contributed by atoms with Gasteiger partial charge < -0.3 is 4.74 Å². The Balaban J connectivity index is 2.08. The molecule has 4 heteroatoms. The minimum Gasteiger partial charge on any atom is -0.486 e. The summed E-state index contributed by atoms with van der Waals surface area (Å²) in [6, 6.07) is 9.95. The fraction of sp³-hybridized carbons (Fsp3) is 0.0833. The van der Waals surface area contributed by atoms with Crippen molar-refractivity contribution in [1.82, 2.24) is 4.98 Å². The van der Waals surface area contributed by atoms with E-state index in [-0.39, 0.29) is 0 Å². The molecule has 0 bridgehead atoms. The van der Waals surface area contributed by atoms with Gasteiger partial charge in [0.2, 0.25) is 0 Å². The predicted octanol–water partition coefficient (Wildman–Crippen LogP) is 3.92. The number of ether oxygens (including phenoxy) is 1. The van der Waals surface area contributed by atoms with E-state index in [2.05, 4.69) is 27.6 Å². The molecule has 0 N–H and O–H groups in total. The monoisotopic (exact) mass is 345 g/mol. The minimum absolute atomic E-state index is 0.502. The number of nitrogens with zero attached hydrogens (tertiary/aromatic N) is 1. The van der Waals surface area contributed by atoms with Crippen molar-refractivity contribution < 1.29 is 4.74 Å². The second-order valence-corrected chi connectivity index (χ2v) is 4.75. The molecule has 1 heterocycles. The Morgan fingerprint density at radius 2 is 1.94 bits per heavy atom. The SMILES string of the molecule is Clc1c(I)cncc1OCc1ccccc1. The molecule has 0 aliphatic carbocycles. The van der Waals surface area contributed by atoms with Crippen LogP contribution >= 0.6 is 34.2 Å². The smallest absolute Gasteiger partial charge is 0.157 e. The Labute approximate surface area is 113 Å². The molecule has 1 aromatic heterocycles. The first-order valence-electron chi connectivity index (χ1n) is 4.73. The van der Waals surface area contributed by atoms with Gasteiger partial charge in [-0.1, -0.05) is 41.9 Å². The van der Waals surface area contributed by atoms with Crippen molar-refractivity contribution in [2.75, 3.05) is 0 Å². The van der Waals surface area contributed by atoms with Gasteiger partial charge in [-0.05, 0) is 28.2 Å². The van der Waals surface area contributed by atoms with Crippen molar-refractivity contribution in [3.05, 3.63) is 56.9 Å². The van der Waals surface area contributed by atoms with Crippen LogP contribution in [0.25, 0.3) is 0 Å². The van der Waals surface area contributed by atoms with Crippen LogP contribution < -0.4 is 4.74 Å². The van der Waals surface area contributed by atoms with Gasteiger partial charge in [-0.2, -0.15) is 0 Å². The van der Waals surface area contributed by atoms with E-state index in [0.29, 0.717) is 17.4 Å². The van der Waals surface area contributed by atoms with Crippen LogP contribution in [-0.4, -0.2) is 4.98 Å². The Kier molecular flexibility index (Phi) is 4.01. The van der Waals surface area contributed by atoms with Gasteiger partial charge in [-0.3, -0.25) is 4.98 Å². The Bertz CT molecular complexity index is 476. The molecule has 1 aromatic carbocycles. The maximum atomic E-state index is 6.09. The van der Waals surface area contributed by atoms with Crippen LogP contribution in [0, 0.1) is 3.57 Å². The molecule has 0 radical (unpaired) electrons. The standard InChI is InChI=1S/C12H9ClINO/c13-12-10(14)6-15-7-11(12)16-8-9-4-2-1-3-5-9/h1-7H,8H2. The van der Waals surface area contributed by atoms with Crippen LogP contribution in [0.5, 0.6) is 5.75 Å². The van der Waals surface area contributed by atoms with Gasteiger partial charge in [0.1, 0.15) is 6.61 Å². The first-order valence-corrected chi connectivity index (χ1v) is 6.19. The van der Waals surface area contributed by atoms with Gasteiger partial charge in [0.25, 0.3) is 0 Å². The lowest BCUT2D eigenvalue weighted by molar-refractivity contribution is 0.305. The first-order chi connectivity index (χ1) is 7.77. The molecule has 2 nitrogen and oxygen atoms in total. The molecule has 0 spiro atoms. The molecule has 2 aromatic rings. The number of hydrogen-bond acceptors (Lipinski definition) is 2. The summed E-state index contributed by atoms with van der Waals surface area (Å²) in [4.78, 5) is 4.04. The van der Waals surface area contributed by atoms with Crippen molar-refractivity contribution in [2.24, 2.45) is 0 Å². The highest BCUT2D eigenvalue weighted by molar-refractivity contribution is 14.1. The summed E-state index contributed by atoms with van der Waals surface area (Å²) in [6.07, 6.45) is 3.34. The Morgan fingerprint density at radius 3 is 2.69 bits per heavy atom. The molecular formula is C12H9ClINO. The minimum atomic E-state index is 0.502. The van der Waals surface area contributed by atoms with Crippen LogP contribution in [0.4, 0.5) is 0 Å². The van der Waals surface area contributed by atoms with E-state index in [1.54, 1.807) is 12.4 Å². The van der Waals surface area contributed by atoms with E-state index in [1.807, 2.05) is 30.3 Å². The highest BCUT2D eigenvalue weighted by Gasteiger charge is 2.05. The van der Waals surface area contributed by atoms with Crippen molar-refractivity contribution in [3.8, 4) is 5.75 Å². The summed E-state index contributed by atoms with van der Waals surface area (Å²) in [6.45, 7) is 0.502. The summed E-state index contributed by atoms with van der Waals surface area (Å²) in [5, 5.41) is 0.617. The average Bonchev–Trinajstić information content (AvgIpc) is 2.32. The average molecular weight is 346 g/mol. The van der Waals surface area contributed by atoms with Gasteiger partial charge in [0.05, 0.1) is 14.8 Å². The van der Waals surface area contributed by atoms with Crippen LogP contribution in [0.2, 0.25) is 5.02 Å². The number of rotatable bonds is 3. The fourth-order valence-corrected chi connectivity index (χ4v) is 1.82. The van der Waals surface area contributed by atoms with Gasteiger partial charge in [-0.25, -0.2) is 0 Å². The second-order valence-electron chi connectivity index (χ2n) is 3.21. The van der Waals surface area contributed by atoms with Gasteiger partial charge in [0.15, 0.2) is 5.75 Å². The zero-order chi connectivity index (χ0) is 11.4. The Hall–Kier alpha value is -0.810. The topological polar surface area (TPSA) is 22.1 Å². The molecule has 0 aliphatic rings. The lowest BCUT2D eigenvalue weighted by Crippen LogP contribution is -1.96. The summed E-state index contributed by atoms with van der Waals surface area (Å²) < 4.78 is 6.50. The van der Waals surface area contributed by atoms with Crippen LogP contribution in [0.1, 0.15) is 5.56 Å². The van der Waals surface area contributed by atoms with E-state index in [1.165, 1.54) is 0 Å². The van der Waals surface area contributed by atoms with E-state index >= 15 is 0 Å². The molecule has 0 aliphatic heterocycles. The predicted molar refractivity (Wildman–Crippen MR) is 72.7 cm³/mol. The van der Waals surface area contributed by atoms with E-state index < -0.39 is 0 Å². The summed E-state index contributed by atoms with van der Waals surface area (Å²) >= 11 is 8.22. The normalized spacial score (nSPS) is 10.1. The van der Waals surface area contributed by atoms with Crippen LogP contribution in [0.15, 0.2) is 42.7 Å². The third-order valence-corrected chi connectivity index (χ3v) is 3.57. The lowest BCUT2D eigenvalue weighted by atomic mass is 10.2. The Morgan fingerprint density at radius 1 is 1.19 bits per heavy atom. The van der Waals surface area contributed by atoms with Crippen molar-refractivity contribution in [3.63, 3.8) is 0 Å². The molecule has 0 fully saturated rings. The summed E-state index contributed by atoms with van der Waals surface area (Å²) in [5.74, 6) is 0.623. The number of pyridine rings is 1. The molecule has 0 unspecified atom stereocenters. The first kappa shape index (κ1) is 11.7. The number of benzene rings is 1. The van der Waals surface area contributed by atoms with E-state index in [4.69, 9.17) is 16.3 Å². The largest absolute Gasteiger partial charge is 0.486 e. The molecule has 82 valence electrons. The zero-order valence-corrected chi connectivity index (χ0v) is 11.3. The number of aromatic nitrogens is 1. The van der Waals surface area contributed by atoms with Crippen LogP contribution in [-0.2, 0) is 6.61 Å². The van der Waals surface area contributed by atoms with Gasteiger partial charge >= 0.3 is 0 Å². The van der Waals surface area contributed by atoms with E-state index in [0.717, 1.165) is 9.13 Å². The lowest BCUT2D eigenvalue weighted by Gasteiger charge is -2.08. The number of hydrogen-bond donors (Lipinski definition) is 0. The van der Waals surface area contributed by atoms with E-state index in [9.17, 15) is 0 Å². The molecule has 0 amide bonds. The molecule has 2 rings (SSSR count). The van der Waals surface area contributed by atoms with Crippen molar-refractivity contribution in [2.45, 2.75) is 6.61 Å². The highest BCUT2D eigenvalue weighted by Crippen LogP contribution is 2.28. The van der Waals surface area contributed by atoms with Gasteiger partial charge in [0, 0.05) is 6.20 Å². The maximum Gasteiger partial charge on any atom is 0.157 e. The summed E-state index contributed by atoms with van der Waals surface area (Å²) in [7, 11) is 0. The van der Waals surface area contributed by atoms with Gasteiger partial charge in [-0.15, -0.1) is 0 Å². The highest BCUT2D eigenvalue weighted by atomic mass is 127. The molecule has 0 saturated carbocycles. The third kappa shape index (κ3) is 2.86. The quantitative estimate of drug-likeness (QED) is 0.787. The molecule has 16 heavy (non-hydrogen) atoms. The number of halogens is 2. The summed E-state index contributed by atoms with van der Waals surface area (Å²) in [5.41, 5.74) is 1.11. The van der Waals surface area contributed by atoms with Crippen molar-refractivity contribution >= 4 is 34.2 Å². The molecule has 0 atom stereocenters.